The van der Waals surface area contributed by atoms with E-state index < -0.39 is 5.82 Å². The molecule has 2 nitrogen and oxygen atoms in total. The molecule has 0 amide bonds. The highest BCUT2D eigenvalue weighted by Gasteiger charge is 2.16. The van der Waals surface area contributed by atoms with E-state index in [1.165, 1.54) is 23.5 Å². The summed E-state index contributed by atoms with van der Waals surface area (Å²) in [6.07, 6.45) is 0. The molecule has 0 atom stereocenters. The quantitative estimate of drug-likeness (QED) is 0.661. The first kappa shape index (κ1) is 11.1. The van der Waals surface area contributed by atoms with E-state index in [0.717, 1.165) is 6.07 Å². The molecule has 2 rings (SSSR count). The van der Waals surface area contributed by atoms with Crippen LogP contribution in [0, 0.1) is 5.82 Å². The maximum Gasteiger partial charge on any atom is 0.206 e. The highest BCUT2D eigenvalue weighted by Crippen LogP contribution is 2.27. The summed E-state index contributed by atoms with van der Waals surface area (Å²) >= 11 is 7.08. The van der Waals surface area contributed by atoms with Gasteiger partial charge in [-0.25, -0.2) is 4.39 Å². The van der Waals surface area contributed by atoms with Gasteiger partial charge in [0.1, 0.15) is 5.82 Å². The number of anilines is 1. The highest BCUT2D eigenvalue weighted by molar-refractivity contribution is 7.13. The molecule has 16 heavy (non-hydrogen) atoms. The highest BCUT2D eigenvalue weighted by atomic mass is 35.5. The average Bonchev–Trinajstić information content (AvgIpc) is 2.63. The van der Waals surface area contributed by atoms with Crippen LogP contribution in [0.4, 0.5) is 10.1 Å². The lowest BCUT2D eigenvalue weighted by Gasteiger charge is -2.03. The smallest absolute Gasteiger partial charge is 0.206 e. The van der Waals surface area contributed by atoms with E-state index in [9.17, 15) is 9.18 Å². The Hall–Kier alpha value is -1.39. The number of thiophene rings is 1. The van der Waals surface area contributed by atoms with Crippen molar-refractivity contribution in [2.45, 2.75) is 0 Å². The van der Waals surface area contributed by atoms with Gasteiger partial charge in [-0.3, -0.25) is 4.79 Å². The average molecular weight is 256 g/mol. The number of ketones is 1. The minimum atomic E-state index is -0.466. The third-order valence-electron chi connectivity index (χ3n) is 2.08. The maximum atomic E-state index is 12.8. The van der Waals surface area contributed by atoms with Crippen LogP contribution in [0.1, 0.15) is 15.2 Å². The summed E-state index contributed by atoms with van der Waals surface area (Å²) in [6, 6.07) is 5.32. The Morgan fingerprint density at radius 2 is 2.12 bits per heavy atom. The molecule has 5 heteroatoms. The topological polar surface area (TPSA) is 43.1 Å². The lowest BCUT2D eigenvalue weighted by Crippen LogP contribution is -2.04. The third-order valence-corrected chi connectivity index (χ3v) is 3.42. The molecule has 1 aromatic carbocycles. The summed E-state index contributed by atoms with van der Waals surface area (Å²) in [5.74, 6) is -0.746. The van der Waals surface area contributed by atoms with Gasteiger partial charge in [0.05, 0.1) is 9.90 Å². The zero-order valence-corrected chi connectivity index (χ0v) is 9.61. The molecule has 0 fully saturated rings. The van der Waals surface area contributed by atoms with Gasteiger partial charge in [0.25, 0.3) is 0 Å². The lowest BCUT2D eigenvalue weighted by molar-refractivity contribution is 0.104. The minimum Gasteiger partial charge on any atom is -0.398 e. The number of carbonyl (C=O) groups is 1. The molecule has 82 valence electrons. The maximum absolute atomic E-state index is 12.8. The zero-order chi connectivity index (χ0) is 11.7. The molecule has 0 unspecified atom stereocenters. The Balaban J connectivity index is 2.46. The van der Waals surface area contributed by atoms with Gasteiger partial charge in [-0.2, -0.15) is 0 Å². The second-order valence-electron chi connectivity index (χ2n) is 3.16. The van der Waals surface area contributed by atoms with Crippen LogP contribution in [-0.4, -0.2) is 5.78 Å². The van der Waals surface area contributed by atoms with E-state index in [1.54, 1.807) is 11.4 Å². The number of carbonyl (C=O) groups excluding carboxylic acids is 1. The summed E-state index contributed by atoms with van der Waals surface area (Å²) < 4.78 is 12.8. The van der Waals surface area contributed by atoms with Crippen molar-refractivity contribution in [3.05, 3.63) is 50.9 Å². The number of nitrogens with two attached hydrogens (primary N) is 1. The van der Waals surface area contributed by atoms with Crippen LogP contribution in [0.3, 0.4) is 0 Å². The molecule has 0 radical (unpaired) electrons. The third kappa shape index (κ3) is 1.94. The molecular formula is C11H7ClFNOS. The molecule has 0 aliphatic carbocycles. The number of rotatable bonds is 2. The first-order chi connectivity index (χ1) is 7.59. The number of hydrogen-bond acceptors (Lipinski definition) is 3. The fourth-order valence-electron chi connectivity index (χ4n) is 1.32. The Morgan fingerprint density at radius 1 is 1.38 bits per heavy atom. The van der Waals surface area contributed by atoms with E-state index in [2.05, 4.69) is 0 Å². The van der Waals surface area contributed by atoms with Crippen molar-refractivity contribution in [3.63, 3.8) is 0 Å². The number of hydrogen-bond donors (Lipinski definition) is 1. The van der Waals surface area contributed by atoms with E-state index in [-0.39, 0.29) is 17.0 Å². The van der Waals surface area contributed by atoms with Gasteiger partial charge in [-0.15, -0.1) is 11.3 Å². The molecule has 2 N–H and O–H groups in total. The van der Waals surface area contributed by atoms with E-state index in [4.69, 9.17) is 17.3 Å². The second kappa shape index (κ2) is 4.23. The molecule has 0 bridgehead atoms. The molecule has 1 heterocycles. The van der Waals surface area contributed by atoms with Crippen LogP contribution in [0.5, 0.6) is 0 Å². The molecular weight excluding hydrogens is 249 g/mol. The fourth-order valence-corrected chi connectivity index (χ4v) is 2.41. The number of nitrogen functional groups attached to an aromatic ring is 1. The van der Waals surface area contributed by atoms with Gasteiger partial charge in [0, 0.05) is 11.3 Å². The SMILES string of the molecule is Nc1cc(F)ccc1C(=O)c1sccc1Cl. The molecule has 0 aliphatic rings. The van der Waals surface area contributed by atoms with Gasteiger partial charge in [0.2, 0.25) is 5.78 Å². The van der Waals surface area contributed by atoms with Crippen molar-refractivity contribution >= 4 is 34.4 Å². The van der Waals surface area contributed by atoms with Crippen molar-refractivity contribution in [2.75, 3.05) is 5.73 Å². The normalized spacial score (nSPS) is 10.4. The van der Waals surface area contributed by atoms with E-state index >= 15 is 0 Å². The van der Waals surface area contributed by atoms with Crippen molar-refractivity contribution in [2.24, 2.45) is 0 Å². The largest absolute Gasteiger partial charge is 0.398 e. The lowest BCUT2D eigenvalue weighted by atomic mass is 10.1. The molecule has 1 aromatic heterocycles. The van der Waals surface area contributed by atoms with Crippen LogP contribution in [0.2, 0.25) is 5.02 Å². The minimum absolute atomic E-state index is 0.120. The Kier molecular flexibility index (Phi) is 2.94. The Bertz CT molecular complexity index is 553. The molecule has 0 aliphatic heterocycles. The zero-order valence-electron chi connectivity index (χ0n) is 8.04. The summed E-state index contributed by atoms with van der Waals surface area (Å²) in [5, 5.41) is 2.11. The van der Waals surface area contributed by atoms with Crippen LogP contribution in [0.25, 0.3) is 0 Å². The Labute approximate surface area is 100 Å². The fraction of sp³-hybridized carbons (Fsp3) is 0. The molecule has 0 spiro atoms. The van der Waals surface area contributed by atoms with Gasteiger partial charge >= 0.3 is 0 Å². The van der Waals surface area contributed by atoms with Crippen LogP contribution >= 0.6 is 22.9 Å². The van der Waals surface area contributed by atoms with Crippen molar-refractivity contribution < 1.29 is 9.18 Å². The summed E-state index contributed by atoms with van der Waals surface area (Å²) in [4.78, 5) is 12.4. The number of benzene rings is 1. The molecule has 0 saturated carbocycles. The van der Waals surface area contributed by atoms with Crippen molar-refractivity contribution in [1.29, 1.82) is 0 Å². The predicted molar refractivity (Wildman–Crippen MR) is 63.6 cm³/mol. The van der Waals surface area contributed by atoms with Crippen LogP contribution in [0.15, 0.2) is 29.6 Å². The number of halogens is 2. The first-order valence-corrected chi connectivity index (χ1v) is 5.68. The Morgan fingerprint density at radius 3 is 2.69 bits per heavy atom. The predicted octanol–water partition coefficient (Wildman–Crippen LogP) is 3.35. The van der Waals surface area contributed by atoms with Crippen LogP contribution < -0.4 is 5.73 Å². The molecule has 0 saturated heterocycles. The van der Waals surface area contributed by atoms with Gasteiger partial charge in [-0.1, -0.05) is 11.6 Å². The second-order valence-corrected chi connectivity index (χ2v) is 4.48. The summed E-state index contributed by atoms with van der Waals surface area (Å²) in [6.45, 7) is 0. The van der Waals surface area contributed by atoms with Crippen molar-refractivity contribution in [1.82, 2.24) is 0 Å². The van der Waals surface area contributed by atoms with Crippen molar-refractivity contribution in [3.8, 4) is 0 Å². The van der Waals surface area contributed by atoms with Crippen LogP contribution in [-0.2, 0) is 0 Å². The summed E-state index contributed by atoms with van der Waals surface area (Å²) in [5.41, 5.74) is 5.97. The van der Waals surface area contributed by atoms with Gasteiger partial charge in [-0.05, 0) is 29.6 Å². The van der Waals surface area contributed by atoms with E-state index in [0.29, 0.717) is 9.90 Å². The van der Waals surface area contributed by atoms with Gasteiger partial charge < -0.3 is 5.73 Å². The van der Waals surface area contributed by atoms with E-state index in [1.807, 2.05) is 0 Å². The first-order valence-electron chi connectivity index (χ1n) is 4.42. The summed E-state index contributed by atoms with van der Waals surface area (Å²) in [7, 11) is 0. The monoisotopic (exact) mass is 255 g/mol. The molecule has 2 aromatic rings. The standard InChI is InChI=1S/C11H7ClFNOS/c12-8-3-4-16-11(8)10(15)7-2-1-6(13)5-9(7)14/h1-5H,14H2. The van der Waals surface area contributed by atoms with Gasteiger partial charge in [0.15, 0.2) is 0 Å².